The van der Waals surface area contributed by atoms with E-state index >= 15 is 0 Å². The van der Waals surface area contributed by atoms with Crippen molar-refractivity contribution in [2.24, 2.45) is 0 Å². The lowest BCUT2D eigenvalue weighted by atomic mass is 9.96. The Morgan fingerprint density at radius 3 is 2.27 bits per heavy atom. The van der Waals surface area contributed by atoms with Crippen LogP contribution in [0, 0.1) is 0 Å². The molecule has 0 unspecified atom stereocenters. The van der Waals surface area contributed by atoms with Crippen molar-refractivity contribution in [2.45, 2.75) is 74.4 Å². The van der Waals surface area contributed by atoms with Gasteiger partial charge in [-0.3, -0.25) is 0 Å². The average molecular weight is 623 g/mol. The van der Waals surface area contributed by atoms with Crippen molar-refractivity contribution in [1.29, 1.82) is 0 Å². The first-order valence-corrected chi connectivity index (χ1v) is 13.8. The summed E-state index contributed by atoms with van der Waals surface area (Å²) in [4.78, 5) is 12.8. The first-order valence-electron chi connectivity index (χ1n) is 13.8. The number of rotatable bonds is 7. The SMILES string of the molecule is C[C@@H]1O[C@@H](OC[C@H]2O[C@H]3OC[C@@H](c4ccc(O)c(O)c4)O[C@@H]3[C@@H](O)[C@@H]2OC(=O)/C=C/c2ccc(O)c(O)c2)[C@H](O)[C@H](O)[C@H]1O. The fourth-order valence-corrected chi connectivity index (χ4v) is 5.10. The summed E-state index contributed by atoms with van der Waals surface area (Å²) in [5, 5.41) is 80.5. The number of hydrogen-bond acceptors (Lipinski definition) is 15. The van der Waals surface area contributed by atoms with Gasteiger partial charge in [0.05, 0.1) is 19.3 Å². The van der Waals surface area contributed by atoms with Gasteiger partial charge in [-0.1, -0.05) is 12.1 Å². The van der Waals surface area contributed by atoms with Gasteiger partial charge in [0, 0.05) is 6.08 Å². The zero-order valence-corrected chi connectivity index (χ0v) is 23.3. The molecule has 3 saturated heterocycles. The van der Waals surface area contributed by atoms with Crippen LogP contribution < -0.4 is 0 Å². The fraction of sp³-hybridized carbons (Fsp3) is 0.483. The molecule has 0 aromatic heterocycles. The molecule has 240 valence electrons. The Kier molecular flexibility index (Phi) is 9.59. The molecule has 5 rings (SSSR count). The molecule has 15 heteroatoms. The highest BCUT2D eigenvalue weighted by Crippen LogP contribution is 2.37. The Hall–Kier alpha value is -3.51. The second-order valence-corrected chi connectivity index (χ2v) is 10.7. The molecule has 0 aliphatic carbocycles. The highest BCUT2D eigenvalue weighted by Gasteiger charge is 2.52. The average Bonchev–Trinajstić information content (AvgIpc) is 3.00. The number of aliphatic hydroxyl groups is 4. The number of fused-ring (bicyclic) bond motifs is 1. The zero-order valence-electron chi connectivity index (χ0n) is 23.3. The molecule has 0 spiro atoms. The number of phenols is 4. The minimum atomic E-state index is -1.62. The Balaban J connectivity index is 1.33. The molecule has 11 atom stereocenters. The maximum absolute atomic E-state index is 12.8. The van der Waals surface area contributed by atoms with E-state index in [1.807, 2.05) is 0 Å². The van der Waals surface area contributed by atoms with Crippen LogP contribution in [0.5, 0.6) is 23.0 Å². The lowest BCUT2D eigenvalue weighted by molar-refractivity contribution is -0.360. The minimum absolute atomic E-state index is 0.0651. The third kappa shape index (κ3) is 6.76. The highest BCUT2D eigenvalue weighted by atomic mass is 16.8. The van der Waals surface area contributed by atoms with Crippen molar-refractivity contribution in [3.63, 3.8) is 0 Å². The number of ether oxygens (including phenoxy) is 6. The van der Waals surface area contributed by atoms with Gasteiger partial charge in [-0.2, -0.15) is 0 Å². The second kappa shape index (κ2) is 13.2. The topological polar surface area (TPSA) is 234 Å². The van der Waals surface area contributed by atoms with E-state index in [2.05, 4.69) is 0 Å². The van der Waals surface area contributed by atoms with Gasteiger partial charge in [0.15, 0.2) is 41.7 Å². The fourth-order valence-electron chi connectivity index (χ4n) is 5.10. The summed E-state index contributed by atoms with van der Waals surface area (Å²) in [6.07, 6.45) is -11.8. The molecule has 0 bridgehead atoms. The van der Waals surface area contributed by atoms with Crippen molar-refractivity contribution in [3.8, 4) is 23.0 Å². The van der Waals surface area contributed by atoms with Crippen molar-refractivity contribution in [3.05, 3.63) is 53.6 Å². The number of aromatic hydroxyl groups is 4. The molecule has 2 aromatic rings. The number of aliphatic hydroxyl groups excluding tert-OH is 4. The van der Waals surface area contributed by atoms with Crippen LogP contribution in [0.3, 0.4) is 0 Å². The largest absolute Gasteiger partial charge is 0.504 e. The van der Waals surface area contributed by atoms with Crippen LogP contribution in [-0.2, 0) is 33.2 Å². The molecule has 3 aliphatic rings. The van der Waals surface area contributed by atoms with Crippen LogP contribution in [0.25, 0.3) is 6.08 Å². The van der Waals surface area contributed by atoms with E-state index in [9.17, 15) is 45.6 Å². The van der Waals surface area contributed by atoms with Gasteiger partial charge in [0.25, 0.3) is 0 Å². The van der Waals surface area contributed by atoms with Gasteiger partial charge in [-0.15, -0.1) is 0 Å². The molecule has 8 N–H and O–H groups in total. The Morgan fingerprint density at radius 2 is 1.57 bits per heavy atom. The van der Waals surface area contributed by atoms with Gasteiger partial charge in [-0.05, 0) is 48.4 Å². The molecule has 3 heterocycles. The lowest BCUT2D eigenvalue weighted by Crippen LogP contribution is -2.64. The van der Waals surface area contributed by atoms with Crippen LogP contribution in [0.2, 0.25) is 0 Å². The standard InChI is InChI=1S/C29H34O15/c1-12-22(35)23(36)24(37)28(41-12)39-11-20-26(44-21(34)7-3-13-2-5-15(30)17(32)8-13)25(38)27-29(43-20)40-10-19(42-27)14-4-6-16(31)18(33)9-14/h2-9,12,19-20,22-33,35-38H,10-11H2,1H3/b7-3+/t12-,19-,20+,22-,23+,24+,25-,26+,27+,28+,29+/m0/s1. The van der Waals surface area contributed by atoms with Gasteiger partial charge in [-0.25, -0.2) is 4.79 Å². The molecular formula is C29H34O15. The molecule has 3 fully saturated rings. The summed E-state index contributed by atoms with van der Waals surface area (Å²) in [6, 6.07) is 7.94. The molecule has 3 aliphatic heterocycles. The van der Waals surface area contributed by atoms with E-state index in [-0.39, 0.29) is 23.9 Å². The quantitative estimate of drug-likeness (QED) is 0.111. The summed E-state index contributed by atoms with van der Waals surface area (Å²) in [7, 11) is 0. The monoisotopic (exact) mass is 622 g/mol. The minimum Gasteiger partial charge on any atom is -0.504 e. The summed E-state index contributed by atoms with van der Waals surface area (Å²) in [5.74, 6) is -2.39. The van der Waals surface area contributed by atoms with Crippen molar-refractivity contribution in [1.82, 2.24) is 0 Å². The number of carbonyl (C=O) groups is 1. The maximum atomic E-state index is 12.8. The number of carbonyl (C=O) groups excluding carboxylic acids is 1. The summed E-state index contributed by atoms with van der Waals surface area (Å²) >= 11 is 0. The molecular weight excluding hydrogens is 588 g/mol. The van der Waals surface area contributed by atoms with Gasteiger partial charge < -0.3 is 69.3 Å². The Labute approximate surface area is 250 Å². The van der Waals surface area contributed by atoms with Gasteiger partial charge in [0.2, 0.25) is 0 Å². The highest BCUT2D eigenvalue weighted by molar-refractivity contribution is 5.87. The van der Waals surface area contributed by atoms with Crippen molar-refractivity contribution >= 4 is 12.0 Å². The van der Waals surface area contributed by atoms with E-state index < -0.39 is 85.8 Å². The summed E-state index contributed by atoms with van der Waals surface area (Å²) in [5.41, 5.74) is 0.795. The van der Waals surface area contributed by atoms with Crippen molar-refractivity contribution < 1.29 is 74.1 Å². The van der Waals surface area contributed by atoms with Gasteiger partial charge >= 0.3 is 5.97 Å². The van der Waals surface area contributed by atoms with E-state index in [4.69, 9.17) is 28.4 Å². The van der Waals surface area contributed by atoms with Gasteiger partial charge in [0.1, 0.15) is 42.7 Å². The predicted molar refractivity (Wildman–Crippen MR) is 145 cm³/mol. The van der Waals surface area contributed by atoms with Crippen LogP contribution in [0.15, 0.2) is 42.5 Å². The Morgan fingerprint density at radius 1 is 0.864 bits per heavy atom. The smallest absolute Gasteiger partial charge is 0.331 e. The predicted octanol–water partition coefficient (Wildman–Crippen LogP) is -0.479. The maximum Gasteiger partial charge on any atom is 0.331 e. The van der Waals surface area contributed by atoms with Crippen molar-refractivity contribution in [2.75, 3.05) is 13.2 Å². The van der Waals surface area contributed by atoms with E-state index in [1.165, 1.54) is 49.4 Å². The molecule has 0 saturated carbocycles. The normalized spacial score (nSPS) is 35.7. The summed E-state index contributed by atoms with van der Waals surface area (Å²) in [6.45, 7) is 0.984. The van der Waals surface area contributed by atoms with Crippen LogP contribution in [-0.4, -0.2) is 121 Å². The van der Waals surface area contributed by atoms with Crippen LogP contribution in [0.4, 0.5) is 0 Å². The zero-order chi connectivity index (χ0) is 31.7. The third-order valence-electron chi connectivity index (χ3n) is 7.62. The molecule has 15 nitrogen and oxygen atoms in total. The van der Waals surface area contributed by atoms with E-state index in [0.717, 1.165) is 6.08 Å². The third-order valence-corrected chi connectivity index (χ3v) is 7.62. The number of hydrogen-bond donors (Lipinski definition) is 8. The summed E-state index contributed by atoms with van der Waals surface area (Å²) < 4.78 is 34.4. The first-order chi connectivity index (χ1) is 20.9. The Bertz CT molecular complexity index is 1350. The van der Waals surface area contributed by atoms with E-state index in [0.29, 0.717) is 11.1 Å². The molecule has 0 radical (unpaired) electrons. The first kappa shape index (κ1) is 31.9. The van der Waals surface area contributed by atoms with Crippen LogP contribution in [0.1, 0.15) is 24.2 Å². The number of esters is 1. The lowest BCUT2D eigenvalue weighted by Gasteiger charge is -2.47. The number of phenolic OH excluding ortho intramolecular Hbond substituents is 4. The second-order valence-electron chi connectivity index (χ2n) is 10.7. The van der Waals surface area contributed by atoms with E-state index in [1.54, 1.807) is 0 Å². The van der Waals surface area contributed by atoms with Crippen LogP contribution >= 0.6 is 0 Å². The number of benzene rings is 2. The molecule has 2 aromatic carbocycles. The molecule has 0 amide bonds. The molecule has 44 heavy (non-hydrogen) atoms.